The second-order valence-electron chi connectivity index (χ2n) is 4.72. The number of nitrogens with one attached hydrogen (secondary N) is 1. The summed E-state index contributed by atoms with van der Waals surface area (Å²) in [6.07, 6.45) is 6.28. The Bertz CT molecular complexity index is 587. The van der Waals surface area contributed by atoms with Gasteiger partial charge in [0.15, 0.2) is 0 Å². The molecule has 1 fully saturated rings. The van der Waals surface area contributed by atoms with Crippen molar-refractivity contribution in [3.05, 3.63) is 52.3 Å². The lowest BCUT2D eigenvalue weighted by atomic mass is 10.3. The van der Waals surface area contributed by atoms with Crippen molar-refractivity contribution >= 4 is 5.69 Å². The van der Waals surface area contributed by atoms with Gasteiger partial charge in [0.05, 0.1) is 16.8 Å². The predicted octanol–water partition coefficient (Wildman–Crippen LogP) is 2.03. The molecule has 1 aliphatic carbocycles. The molecule has 2 aromatic rings. The van der Waals surface area contributed by atoms with E-state index in [1.165, 1.54) is 25.0 Å². The Labute approximate surface area is 110 Å². The van der Waals surface area contributed by atoms with Crippen LogP contribution in [0.2, 0.25) is 0 Å². The second-order valence-corrected chi connectivity index (χ2v) is 4.72. The summed E-state index contributed by atoms with van der Waals surface area (Å²) in [6, 6.07) is 7.03. The fourth-order valence-corrected chi connectivity index (χ4v) is 1.87. The molecule has 98 valence electrons. The van der Waals surface area contributed by atoms with Gasteiger partial charge in [0.25, 0.3) is 5.69 Å². The third kappa shape index (κ3) is 2.79. The van der Waals surface area contributed by atoms with E-state index < -0.39 is 4.92 Å². The molecule has 1 aromatic carbocycles. The summed E-state index contributed by atoms with van der Waals surface area (Å²) in [4.78, 5) is 10.2. The third-order valence-corrected chi connectivity index (χ3v) is 3.13. The number of nitro groups is 1. The van der Waals surface area contributed by atoms with Crippen molar-refractivity contribution in [3.8, 4) is 5.69 Å². The molecule has 0 bridgehead atoms. The zero-order valence-corrected chi connectivity index (χ0v) is 10.3. The van der Waals surface area contributed by atoms with Crippen LogP contribution in [0.1, 0.15) is 18.4 Å². The second kappa shape index (κ2) is 4.81. The third-order valence-electron chi connectivity index (χ3n) is 3.13. The van der Waals surface area contributed by atoms with Gasteiger partial charge in [-0.05, 0) is 25.0 Å². The summed E-state index contributed by atoms with van der Waals surface area (Å²) < 4.78 is 1.73. The first kappa shape index (κ1) is 11.9. The van der Waals surface area contributed by atoms with Crippen LogP contribution in [-0.4, -0.2) is 20.7 Å². The van der Waals surface area contributed by atoms with Gasteiger partial charge in [-0.3, -0.25) is 10.1 Å². The number of benzene rings is 1. The normalized spacial score (nSPS) is 14.5. The lowest BCUT2D eigenvalue weighted by Gasteiger charge is -2.00. The average Bonchev–Trinajstić information content (AvgIpc) is 3.13. The smallest absolute Gasteiger partial charge is 0.269 e. The van der Waals surface area contributed by atoms with Crippen molar-refractivity contribution < 1.29 is 4.92 Å². The van der Waals surface area contributed by atoms with E-state index in [-0.39, 0.29) is 5.69 Å². The van der Waals surface area contributed by atoms with E-state index in [1.807, 2.05) is 12.4 Å². The number of non-ortho nitro benzene ring substituents is 1. The Morgan fingerprint density at radius 1 is 1.37 bits per heavy atom. The van der Waals surface area contributed by atoms with Crippen LogP contribution < -0.4 is 5.32 Å². The molecule has 3 rings (SSSR count). The summed E-state index contributed by atoms with van der Waals surface area (Å²) in [5.41, 5.74) is 2.03. The van der Waals surface area contributed by atoms with Gasteiger partial charge in [-0.2, -0.15) is 5.10 Å². The van der Waals surface area contributed by atoms with Gasteiger partial charge in [0.1, 0.15) is 0 Å². The van der Waals surface area contributed by atoms with Gasteiger partial charge in [0, 0.05) is 36.5 Å². The lowest BCUT2D eigenvalue weighted by molar-refractivity contribution is -0.384. The fraction of sp³-hybridized carbons (Fsp3) is 0.308. The summed E-state index contributed by atoms with van der Waals surface area (Å²) in [5.74, 6) is 0. The summed E-state index contributed by atoms with van der Waals surface area (Å²) in [6.45, 7) is 0.817. The Morgan fingerprint density at radius 3 is 2.74 bits per heavy atom. The number of nitrogens with zero attached hydrogens (tertiary/aromatic N) is 3. The molecule has 1 N–H and O–H groups in total. The highest BCUT2D eigenvalue weighted by molar-refractivity contribution is 5.40. The Morgan fingerprint density at radius 2 is 2.11 bits per heavy atom. The minimum absolute atomic E-state index is 0.0894. The van der Waals surface area contributed by atoms with Gasteiger partial charge in [0.2, 0.25) is 0 Å². The molecule has 6 heteroatoms. The Balaban J connectivity index is 1.71. The molecule has 19 heavy (non-hydrogen) atoms. The number of hydrogen-bond acceptors (Lipinski definition) is 4. The van der Waals surface area contributed by atoms with Crippen LogP contribution >= 0.6 is 0 Å². The molecule has 0 radical (unpaired) electrons. The Kier molecular flexibility index (Phi) is 3.00. The number of nitro benzene ring substituents is 1. The molecule has 1 saturated carbocycles. The summed E-state index contributed by atoms with van der Waals surface area (Å²) >= 11 is 0. The molecular weight excluding hydrogens is 244 g/mol. The van der Waals surface area contributed by atoms with E-state index >= 15 is 0 Å². The van der Waals surface area contributed by atoms with E-state index in [2.05, 4.69) is 10.4 Å². The van der Waals surface area contributed by atoms with Gasteiger partial charge >= 0.3 is 0 Å². The van der Waals surface area contributed by atoms with Crippen LogP contribution in [-0.2, 0) is 6.54 Å². The summed E-state index contributed by atoms with van der Waals surface area (Å²) in [7, 11) is 0. The first-order chi connectivity index (χ1) is 9.22. The van der Waals surface area contributed by atoms with Crippen LogP contribution in [0.5, 0.6) is 0 Å². The van der Waals surface area contributed by atoms with Crippen LogP contribution in [0.25, 0.3) is 5.69 Å². The highest BCUT2D eigenvalue weighted by Gasteiger charge is 2.20. The quantitative estimate of drug-likeness (QED) is 0.658. The van der Waals surface area contributed by atoms with Gasteiger partial charge in [-0.1, -0.05) is 0 Å². The van der Waals surface area contributed by atoms with E-state index in [0.29, 0.717) is 6.04 Å². The zero-order valence-electron chi connectivity index (χ0n) is 10.3. The maximum atomic E-state index is 10.6. The number of hydrogen-bond donors (Lipinski definition) is 1. The minimum Gasteiger partial charge on any atom is -0.310 e. The first-order valence-electron chi connectivity index (χ1n) is 6.24. The van der Waals surface area contributed by atoms with Crippen molar-refractivity contribution in [2.45, 2.75) is 25.4 Å². The predicted molar refractivity (Wildman–Crippen MR) is 70.1 cm³/mol. The minimum atomic E-state index is -0.405. The standard InChI is InChI=1S/C13H14N4O2/c18-17(19)13-5-3-12(4-6-13)16-9-10(8-15-16)7-14-11-1-2-11/h3-6,8-9,11,14H,1-2,7H2. The molecule has 1 aliphatic rings. The number of aromatic nitrogens is 2. The molecule has 1 aromatic heterocycles. The molecule has 1 heterocycles. The zero-order chi connectivity index (χ0) is 13.2. The molecule has 0 unspecified atom stereocenters. The molecule has 0 atom stereocenters. The van der Waals surface area contributed by atoms with Gasteiger partial charge < -0.3 is 5.32 Å². The molecule has 0 spiro atoms. The maximum Gasteiger partial charge on any atom is 0.269 e. The maximum absolute atomic E-state index is 10.6. The number of rotatable bonds is 5. The van der Waals surface area contributed by atoms with Gasteiger partial charge in [-0.15, -0.1) is 0 Å². The van der Waals surface area contributed by atoms with Crippen molar-refractivity contribution in [1.29, 1.82) is 0 Å². The van der Waals surface area contributed by atoms with Crippen LogP contribution in [0.3, 0.4) is 0 Å². The summed E-state index contributed by atoms with van der Waals surface area (Å²) in [5, 5.41) is 18.3. The average molecular weight is 258 g/mol. The molecule has 0 saturated heterocycles. The first-order valence-corrected chi connectivity index (χ1v) is 6.24. The van der Waals surface area contributed by atoms with E-state index in [4.69, 9.17) is 0 Å². The molecular formula is C13H14N4O2. The highest BCUT2D eigenvalue weighted by atomic mass is 16.6. The van der Waals surface area contributed by atoms with E-state index in [9.17, 15) is 10.1 Å². The molecule has 0 aliphatic heterocycles. The Hall–Kier alpha value is -2.21. The van der Waals surface area contributed by atoms with Gasteiger partial charge in [-0.25, -0.2) is 4.68 Å². The fourth-order valence-electron chi connectivity index (χ4n) is 1.87. The van der Waals surface area contributed by atoms with Crippen molar-refractivity contribution in [3.63, 3.8) is 0 Å². The van der Waals surface area contributed by atoms with Crippen molar-refractivity contribution in [1.82, 2.24) is 15.1 Å². The topological polar surface area (TPSA) is 73.0 Å². The van der Waals surface area contributed by atoms with E-state index in [0.717, 1.165) is 17.8 Å². The van der Waals surface area contributed by atoms with Crippen LogP contribution in [0.4, 0.5) is 5.69 Å². The molecule has 6 nitrogen and oxygen atoms in total. The molecule has 0 amide bonds. The highest BCUT2D eigenvalue weighted by Crippen LogP contribution is 2.19. The van der Waals surface area contributed by atoms with Crippen molar-refractivity contribution in [2.75, 3.05) is 0 Å². The largest absolute Gasteiger partial charge is 0.310 e. The van der Waals surface area contributed by atoms with Crippen LogP contribution in [0.15, 0.2) is 36.7 Å². The lowest BCUT2D eigenvalue weighted by Crippen LogP contribution is -2.14. The van der Waals surface area contributed by atoms with Crippen LogP contribution in [0, 0.1) is 10.1 Å². The van der Waals surface area contributed by atoms with Crippen molar-refractivity contribution in [2.24, 2.45) is 0 Å². The van der Waals surface area contributed by atoms with E-state index in [1.54, 1.807) is 16.8 Å². The SMILES string of the molecule is O=[N+]([O-])c1ccc(-n2cc(CNC3CC3)cn2)cc1. The monoisotopic (exact) mass is 258 g/mol.